The van der Waals surface area contributed by atoms with Gasteiger partial charge in [0.25, 0.3) is 0 Å². The molecule has 0 bridgehead atoms. The number of pyridine rings is 1. The molecule has 1 aromatic rings. The Bertz CT molecular complexity index is 360. The highest BCUT2D eigenvalue weighted by atomic mass is 14.6. The maximum Gasteiger partial charge on any atom is 0.0343 e. The van der Waals surface area contributed by atoms with Gasteiger partial charge in [0, 0.05) is 12.4 Å². The van der Waals surface area contributed by atoms with Crippen LogP contribution in [0.2, 0.25) is 0 Å². The third kappa shape index (κ3) is 4.01. The molecule has 1 aromatic heterocycles. The van der Waals surface area contributed by atoms with Crippen molar-refractivity contribution in [2.24, 2.45) is 0 Å². The first-order valence-corrected chi connectivity index (χ1v) is 6.01. The van der Waals surface area contributed by atoms with Gasteiger partial charge in [-0.15, -0.1) is 0 Å². The summed E-state index contributed by atoms with van der Waals surface area (Å²) in [6.45, 7) is 6.44. The van der Waals surface area contributed by atoms with E-state index in [1.54, 1.807) is 0 Å². The highest BCUT2D eigenvalue weighted by molar-refractivity contribution is 5.67. The third-order valence-corrected chi connectivity index (χ3v) is 2.69. The highest BCUT2D eigenvalue weighted by Crippen LogP contribution is 2.21. The molecular formula is C15H21N. The van der Waals surface area contributed by atoms with E-state index in [1.807, 2.05) is 18.5 Å². The Morgan fingerprint density at radius 1 is 1.44 bits per heavy atom. The average Bonchev–Trinajstić information content (AvgIpc) is 2.35. The van der Waals surface area contributed by atoms with Gasteiger partial charge in [-0.3, -0.25) is 4.98 Å². The van der Waals surface area contributed by atoms with Crippen LogP contribution < -0.4 is 0 Å². The predicted molar refractivity (Wildman–Crippen MR) is 71.2 cm³/mol. The molecule has 0 spiro atoms. The van der Waals surface area contributed by atoms with Crippen LogP contribution in [0.1, 0.15) is 45.6 Å². The molecule has 0 aliphatic rings. The lowest BCUT2D eigenvalue weighted by atomic mass is 9.99. The fourth-order valence-corrected chi connectivity index (χ4v) is 1.58. The number of rotatable bonds is 5. The normalized spacial score (nSPS) is 12.9. The maximum atomic E-state index is 4.19. The van der Waals surface area contributed by atoms with Gasteiger partial charge in [0.1, 0.15) is 0 Å². The minimum absolute atomic E-state index is 1.13. The molecule has 0 atom stereocenters. The van der Waals surface area contributed by atoms with E-state index in [0.29, 0.717) is 0 Å². The smallest absolute Gasteiger partial charge is 0.0343 e. The monoisotopic (exact) mass is 215 g/mol. The van der Waals surface area contributed by atoms with Gasteiger partial charge in [0.2, 0.25) is 0 Å². The number of allylic oxidation sites excluding steroid dienone is 4. The third-order valence-electron chi connectivity index (χ3n) is 2.69. The van der Waals surface area contributed by atoms with Gasteiger partial charge < -0.3 is 0 Å². The van der Waals surface area contributed by atoms with E-state index in [1.165, 1.54) is 29.6 Å². The molecule has 0 radical (unpaired) electrons. The lowest BCUT2D eigenvalue weighted by Gasteiger charge is -2.07. The molecule has 1 heterocycles. The molecule has 0 aliphatic heterocycles. The molecule has 1 rings (SSSR count). The molecule has 0 unspecified atom stereocenters. The molecular weight excluding hydrogens is 194 g/mol. The zero-order valence-corrected chi connectivity index (χ0v) is 10.5. The van der Waals surface area contributed by atoms with Gasteiger partial charge in [-0.25, -0.2) is 0 Å². The average molecular weight is 215 g/mol. The summed E-state index contributed by atoms with van der Waals surface area (Å²) in [5, 5.41) is 0. The summed E-state index contributed by atoms with van der Waals surface area (Å²) in [6, 6.07) is 4.14. The number of unbranched alkanes of at least 4 members (excludes halogenated alkanes) is 1. The summed E-state index contributed by atoms with van der Waals surface area (Å²) in [6.07, 6.45) is 11.8. The maximum absolute atomic E-state index is 4.19. The van der Waals surface area contributed by atoms with Crippen LogP contribution in [0.4, 0.5) is 0 Å². The minimum Gasteiger partial charge on any atom is -0.264 e. The van der Waals surface area contributed by atoms with Crippen LogP contribution >= 0.6 is 0 Å². The minimum atomic E-state index is 1.13. The first-order valence-electron chi connectivity index (χ1n) is 6.01. The summed E-state index contributed by atoms with van der Waals surface area (Å²) < 4.78 is 0. The van der Waals surface area contributed by atoms with E-state index in [-0.39, 0.29) is 0 Å². The van der Waals surface area contributed by atoms with Crippen molar-refractivity contribution < 1.29 is 0 Å². The lowest BCUT2D eigenvalue weighted by molar-refractivity contribution is 0.823. The van der Waals surface area contributed by atoms with Crippen molar-refractivity contribution in [3.8, 4) is 0 Å². The second-order valence-electron chi connectivity index (χ2n) is 4.05. The van der Waals surface area contributed by atoms with Gasteiger partial charge in [0.05, 0.1) is 0 Å². The van der Waals surface area contributed by atoms with Crippen molar-refractivity contribution in [2.75, 3.05) is 0 Å². The Kier molecular flexibility index (Phi) is 5.55. The van der Waals surface area contributed by atoms with E-state index in [4.69, 9.17) is 0 Å². The largest absolute Gasteiger partial charge is 0.264 e. The predicted octanol–water partition coefficient (Wildman–Crippen LogP) is 4.62. The summed E-state index contributed by atoms with van der Waals surface area (Å²) >= 11 is 0. The van der Waals surface area contributed by atoms with Gasteiger partial charge in [-0.1, -0.05) is 37.1 Å². The van der Waals surface area contributed by atoms with Crippen molar-refractivity contribution in [3.63, 3.8) is 0 Å². The second kappa shape index (κ2) is 7.00. The summed E-state index contributed by atoms with van der Waals surface area (Å²) in [5.41, 5.74) is 3.96. The highest BCUT2D eigenvalue weighted by Gasteiger charge is 2.01. The van der Waals surface area contributed by atoms with E-state index in [9.17, 15) is 0 Å². The molecule has 0 aromatic carbocycles. The molecule has 1 nitrogen and oxygen atoms in total. The Hall–Kier alpha value is -1.37. The van der Waals surface area contributed by atoms with Crippen molar-refractivity contribution in [2.45, 2.75) is 40.0 Å². The van der Waals surface area contributed by atoms with E-state index < -0.39 is 0 Å². The van der Waals surface area contributed by atoms with Crippen LogP contribution in [-0.2, 0) is 0 Å². The Labute approximate surface area is 98.9 Å². The van der Waals surface area contributed by atoms with Crippen molar-refractivity contribution in [3.05, 3.63) is 47.8 Å². The van der Waals surface area contributed by atoms with Gasteiger partial charge >= 0.3 is 0 Å². The van der Waals surface area contributed by atoms with E-state index in [0.717, 1.165) is 6.42 Å². The first-order chi connectivity index (χ1) is 7.77. The lowest BCUT2D eigenvalue weighted by Crippen LogP contribution is -1.87. The Balaban J connectivity index is 2.92. The SMILES string of the molecule is C/C=C(C)\C=C(/CCCC)c1cccnc1. The molecule has 0 saturated carbocycles. The van der Waals surface area contributed by atoms with Gasteiger partial charge in [-0.2, -0.15) is 0 Å². The van der Waals surface area contributed by atoms with Crippen LogP contribution in [0, 0.1) is 0 Å². The number of hydrogen-bond donors (Lipinski definition) is 0. The molecule has 1 heteroatoms. The fourth-order valence-electron chi connectivity index (χ4n) is 1.58. The summed E-state index contributed by atoms with van der Waals surface area (Å²) in [7, 11) is 0. The van der Waals surface area contributed by atoms with Gasteiger partial charge in [-0.05, 0) is 43.9 Å². The number of nitrogens with zero attached hydrogens (tertiary/aromatic N) is 1. The molecule has 0 N–H and O–H groups in total. The number of aromatic nitrogens is 1. The first kappa shape index (κ1) is 12.7. The fraction of sp³-hybridized carbons (Fsp3) is 0.400. The molecule has 86 valence electrons. The van der Waals surface area contributed by atoms with Crippen LogP contribution in [0.15, 0.2) is 42.3 Å². The molecule has 0 fully saturated rings. The van der Waals surface area contributed by atoms with E-state index in [2.05, 4.69) is 44.0 Å². The van der Waals surface area contributed by atoms with Crippen molar-refractivity contribution in [1.82, 2.24) is 4.98 Å². The Morgan fingerprint density at radius 3 is 2.81 bits per heavy atom. The summed E-state index contributed by atoms with van der Waals surface area (Å²) in [5.74, 6) is 0. The quantitative estimate of drug-likeness (QED) is 0.653. The van der Waals surface area contributed by atoms with Crippen molar-refractivity contribution >= 4 is 5.57 Å². The van der Waals surface area contributed by atoms with Crippen LogP contribution in [0.3, 0.4) is 0 Å². The van der Waals surface area contributed by atoms with E-state index >= 15 is 0 Å². The zero-order chi connectivity index (χ0) is 11.8. The molecule has 0 aliphatic carbocycles. The Morgan fingerprint density at radius 2 is 2.25 bits per heavy atom. The second-order valence-corrected chi connectivity index (χ2v) is 4.05. The van der Waals surface area contributed by atoms with Crippen LogP contribution in [0.25, 0.3) is 5.57 Å². The molecule has 16 heavy (non-hydrogen) atoms. The van der Waals surface area contributed by atoms with Gasteiger partial charge in [0.15, 0.2) is 0 Å². The van der Waals surface area contributed by atoms with Crippen molar-refractivity contribution in [1.29, 1.82) is 0 Å². The molecule has 0 saturated heterocycles. The number of hydrogen-bond acceptors (Lipinski definition) is 1. The molecule has 0 amide bonds. The van der Waals surface area contributed by atoms with Crippen LogP contribution in [0.5, 0.6) is 0 Å². The summed E-state index contributed by atoms with van der Waals surface area (Å²) in [4.78, 5) is 4.19. The topological polar surface area (TPSA) is 12.9 Å². The zero-order valence-electron chi connectivity index (χ0n) is 10.5. The standard InChI is InChI=1S/C15H21N/c1-4-6-8-14(11-13(3)5-2)15-9-7-10-16-12-15/h5,7,9-12H,4,6,8H2,1-3H3/b13-5-,14-11+. The van der Waals surface area contributed by atoms with Crippen LogP contribution in [-0.4, -0.2) is 4.98 Å².